The number of nitrogens with two attached hydrogens (primary N) is 1. The van der Waals surface area contributed by atoms with E-state index in [1.54, 1.807) is 0 Å². The summed E-state index contributed by atoms with van der Waals surface area (Å²) in [5.41, 5.74) is 8.39. The summed E-state index contributed by atoms with van der Waals surface area (Å²) in [4.78, 5) is 18.1. The van der Waals surface area contributed by atoms with Crippen LogP contribution in [0.4, 0.5) is 5.69 Å². The van der Waals surface area contributed by atoms with Crippen LogP contribution in [0.1, 0.15) is 30.9 Å². The summed E-state index contributed by atoms with van der Waals surface area (Å²) in [5, 5.41) is 0. The van der Waals surface area contributed by atoms with E-state index in [9.17, 15) is 4.79 Å². The number of anilines is 1. The van der Waals surface area contributed by atoms with Crippen molar-refractivity contribution in [1.82, 2.24) is 9.97 Å². The van der Waals surface area contributed by atoms with Gasteiger partial charge in [-0.25, -0.2) is 4.98 Å². The molecule has 1 heterocycles. The maximum atomic E-state index is 11.6. The minimum atomic E-state index is -0.214. The third-order valence-corrected chi connectivity index (χ3v) is 3.94. The number of rotatable bonds is 3. The molecule has 6 heteroatoms. The zero-order chi connectivity index (χ0) is 14.9. The Morgan fingerprint density at radius 2 is 2.10 bits per heavy atom. The van der Waals surface area contributed by atoms with Gasteiger partial charge in [-0.15, -0.1) is 0 Å². The number of halogens is 1. The zero-order valence-corrected chi connectivity index (χ0v) is 13.7. The van der Waals surface area contributed by atoms with Crippen LogP contribution in [-0.4, -0.2) is 9.97 Å². The minimum absolute atomic E-state index is 0.214. The molecule has 0 atom stereocenters. The van der Waals surface area contributed by atoms with E-state index in [4.69, 9.17) is 10.5 Å². The zero-order valence-electron chi connectivity index (χ0n) is 11.5. The molecule has 0 bridgehead atoms. The maximum absolute atomic E-state index is 11.6. The predicted molar refractivity (Wildman–Crippen MR) is 87.3 cm³/mol. The van der Waals surface area contributed by atoms with Crippen molar-refractivity contribution in [3.8, 4) is 11.6 Å². The molecule has 0 fully saturated rings. The maximum Gasteiger partial charge on any atom is 0.268 e. The number of benzene rings is 1. The number of aryl methyl sites for hydroxylation is 1. The summed E-state index contributed by atoms with van der Waals surface area (Å²) in [6.07, 6.45) is 1.33. The number of H-pyrrole nitrogens is 1. The molecule has 0 radical (unpaired) electrons. The first-order valence-corrected chi connectivity index (χ1v) is 7.29. The fraction of sp³-hybridized carbons (Fsp3) is 0.286. The minimum Gasteiger partial charge on any atom is -0.437 e. The highest BCUT2D eigenvalue weighted by Crippen LogP contribution is 2.34. The molecule has 0 amide bonds. The Hall–Kier alpha value is -1.57. The van der Waals surface area contributed by atoms with Gasteiger partial charge in [0.15, 0.2) is 0 Å². The molecule has 0 aliphatic heterocycles. The van der Waals surface area contributed by atoms with Crippen LogP contribution in [0.25, 0.3) is 0 Å². The highest BCUT2D eigenvalue weighted by Gasteiger charge is 2.14. The lowest BCUT2D eigenvalue weighted by atomic mass is 9.99. The van der Waals surface area contributed by atoms with Crippen LogP contribution in [0.15, 0.2) is 23.3 Å². The van der Waals surface area contributed by atoms with Crippen LogP contribution < -0.4 is 16.0 Å². The van der Waals surface area contributed by atoms with Crippen molar-refractivity contribution < 1.29 is 4.74 Å². The summed E-state index contributed by atoms with van der Waals surface area (Å²) in [7, 11) is 0. The molecule has 20 heavy (non-hydrogen) atoms. The van der Waals surface area contributed by atoms with Crippen LogP contribution in [0.3, 0.4) is 0 Å². The first kappa shape index (κ1) is 14.8. The fourth-order valence-corrected chi connectivity index (χ4v) is 2.20. The van der Waals surface area contributed by atoms with Gasteiger partial charge in [-0.2, -0.15) is 0 Å². The molecule has 0 spiro atoms. The quantitative estimate of drug-likeness (QED) is 0.628. The van der Waals surface area contributed by atoms with Crippen molar-refractivity contribution in [3.63, 3.8) is 0 Å². The van der Waals surface area contributed by atoms with E-state index in [1.807, 2.05) is 41.6 Å². The number of aromatic nitrogens is 2. The molecule has 2 aromatic rings. The number of ether oxygens (including phenoxy) is 1. The second-order valence-corrected chi connectivity index (χ2v) is 5.93. The van der Waals surface area contributed by atoms with Gasteiger partial charge in [-0.1, -0.05) is 13.8 Å². The van der Waals surface area contributed by atoms with Gasteiger partial charge in [0.05, 0.1) is 6.33 Å². The summed E-state index contributed by atoms with van der Waals surface area (Å²) in [5.74, 6) is 1.25. The van der Waals surface area contributed by atoms with Crippen molar-refractivity contribution in [3.05, 3.63) is 43.5 Å². The van der Waals surface area contributed by atoms with Crippen LogP contribution in [-0.2, 0) is 0 Å². The normalized spacial score (nSPS) is 10.8. The molecule has 1 aromatic heterocycles. The molecule has 0 saturated heterocycles. The standard InChI is InChI=1S/C14H16IN3O2/c1-7(2)9-5-10(16)8(3)4-11(9)20-14-12(15)13(19)17-6-18-14/h4-7H,16H2,1-3H3,(H,17,18,19). The molecule has 0 saturated carbocycles. The lowest BCUT2D eigenvalue weighted by Gasteiger charge is -2.16. The molecule has 3 N–H and O–H groups in total. The summed E-state index contributed by atoms with van der Waals surface area (Å²) >= 11 is 1.92. The monoisotopic (exact) mass is 385 g/mol. The summed E-state index contributed by atoms with van der Waals surface area (Å²) in [6, 6.07) is 3.79. The number of nitrogens with one attached hydrogen (secondary N) is 1. The third kappa shape index (κ3) is 2.95. The van der Waals surface area contributed by atoms with E-state index < -0.39 is 0 Å². The van der Waals surface area contributed by atoms with Gasteiger partial charge in [-0.05, 0) is 58.7 Å². The van der Waals surface area contributed by atoms with Gasteiger partial charge in [-0.3, -0.25) is 4.79 Å². The highest BCUT2D eigenvalue weighted by atomic mass is 127. The van der Waals surface area contributed by atoms with Crippen LogP contribution in [0, 0.1) is 10.5 Å². The lowest BCUT2D eigenvalue weighted by Crippen LogP contribution is -2.11. The number of hydrogen-bond acceptors (Lipinski definition) is 4. The second kappa shape index (κ2) is 5.82. The second-order valence-electron chi connectivity index (χ2n) is 4.85. The average molecular weight is 385 g/mol. The van der Waals surface area contributed by atoms with Crippen molar-refractivity contribution in [2.75, 3.05) is 5.73 Å². The summed E-state index contributed by atoms with van der Waals surface area (Å²) < 4.78 is 6.25. The number of nitrogens with zero attached hydrogens (tertiary/aromatic N) is 1. The largest absolute Gasteiger partial charge is 0.437 e. The molecule has 0 aliphatic carbocycles. The van der Waals surface area contributed by atoms with Crippen molar-refractivity contribution in [2.24, 2.45) is 0 Å². The number of nitrogen functional groups attached to an aromatic ring is 1. The van der Waals surface area contributed by atoms with Gasteiger partial charge in [0.1, 0.15) is 9.32 Å². The van der Waals surface area contributed by atoms with Gasteiger partial charge < -0.3 is 15.5 Å². The van der Waals surface area contributed by atoms with Gasteiger partial charge in [0.2, 0.25) is 5.88 Å². The van der Waals surface area contributed by atoms with Crippen LogP contribution in [0.2, 0.25) is 0 Å². The molecular weight excluding hydrogens is 369 g/mol. The van der Waals surface area contributed by atoms with E-state index in [2.05, 4.69) is 23.8 Å². The Morgan fingerprint density at radius 1 is 1.40 bits per heavy atom. The SMILES string of the molecule is Cc1cc(Oc2nc[nH]c(=O)c2I)c(C(C)C)cc1N. The molecule has 2 rings (SSSR count). The Morgan fingerprint density at radius 3 is 2.75 bits per heavy atom. The van der Waals surface area contributed by atoms with Gasteiger partial charge >= 0.3 is 0 Å². The Kier molecular flexibility index (Phi) is 4.32. The predicted octanol–water partition coefficient (Wildman–Crippen LogP) is 3.18. The first-order valence-electron chi connectivity index (χ1n) is 6.21. The number of aromatic amines is 1. The molecule has 1 aromatic carbocycles. The third-order valence-electron chi connectivity index (χ3n) is 2.99. The van der Waals surface area contributed by atoms with Crippen LogP contribution in [0.5, 0.6) is 11.6 Å². The molecule has 0 unspecified atom stereocenters. The van der Waals surface area contributed by atoms with E-state index in [1.165, 1.54) is 6.33 Å². The van der Waals surface area contributed by atoms with E-state index in [-0.39, 0.29) is 11.5 Å². The van der Waals surface area contributed by atoms with Crippen molar-refractivity contribution >= 4 is 28.3 Å². The Labute approximate surface area is 130 Å². The fourth-order valence-electron chi connectivity index (χ4n) is 1.80. The van der Waals surface area contributed by atoms with Crippen molar-refractivity contribution in [1.29, 1.82) is 0 Å². The molecule has 0 aliphatic rings. The first-order chi connectivity index (χ1) is 9.40. The number of hydrogen-bond donors (Lipinski definition) is 2. The van der Waals surface area contributed by atoms with Gasteiger partial charge in [0, 0.05) is 5.69 Å². The van der Waals surface area contributed by atoms with Crippen molar-refractivity contribution in [2.45, 2.75) is 26.7 Å². The Balaban J connectivity index is 2.50. The van der Waals surface area contributed by atoms with E-state index >= 15 is 0 Å². The van der Waals surface area contributed by atoms with E-state index in [0.29, 0.717) is 15.2 Å². The lowest BCUT2D eigenvalue weighted by molar-refractivity contribution is 0.448. The van der Waals surface area contributed by atoms with Gasteiger partial charge in [0.25, 0.3) is 5.56 Å². The molecule has 5 nitrogen and oxygen atoms in total. The van der Waals surface area contributed by atoms with Crippen LogP contribution >= 0.6 is 22.6 Å². The smallest absolute Gasteiger partial charge is 0.268 e. The molecular formula is C14H16IN3O2. The average Bonchev–Trinajstić information content (AvgIpc) is 2.38. The Bertz CT molecular complexity index is 695. The topological polar surface area (TPSA) is 81.0 Å². The highest BCUT2D eigenvalue weighted by molar-refractivity contribution is 14.1. The summed E-state index contributed by atoms with van der Waals surface area (Å²) in [6.45, 7) is 6.04. The van der Waals surface area contributed by atoms with E-state index in [0.717, 1.165) is 16.8 Å². The molecule has 106 valence electrons.